The Balaban J connectivity index is 2.17. The van der Waals surface area contributed by atoms with E-state index in [1.807, 2.05) is 0 Å². The maximum Gasteiger partial charge on any atom is 0.357 e. The molecule has 2 aromatic rings. The van der Waals surface area contributed by atoms with Gasteiger partial charge in [-0.1, -0.05) is 35.9 Å². The molecule has 6 nitrogen and oxygen atoms in total. The van der Waals surface area contributed by atoms with Crippen LogP contribution in [0.25, 0.3) is 5.70 Å². The number of nitrogens with zero attached hydrogens (tertiary/aromatic N) is 1. The standard InChI is InChI=1S/C19H15ClN2O4/c1-2-26-19(25)16(15(21)11-6-5-7-12(20)10-11)22-17(23)13-8-3-4-9-14(13)18(22)24/h3-10H,2,21H2,1H3/b16-15+. The second kappa shape index (κ2) is 7.01. The van der Waals surface area contributed by atoms with Crippen LogP contribution in [0.3, 0.4) is 0 Å². The van der Waals surface area contributed by atoms with Gasteiger partial charge in [0.05, 0.1) is 23.4 Å². The zero-order chi connectivity index (χ0) is 18.8. The number of rotatable bonds is 4. The van der Waals surface area contributed by atoms with Crippen LogP contribution in [0.5, 0.6) is 0 Å². The first-order chi connectivity index (χ1) is 12.5. The summed E-state index contributed by atoms with van der Waals surface area (Å²) in [6.45, 7) is 1.68. The lowest BCUT2D eigenvalue weighted by Gasteiger charge is -2.19. The summed E-state index contributed by atoms with van der Waals surface area (Å²) in [5, 5.41) is 0.399. The number of carbonyl (C=O) groups is 3. The monoisotopic (exact) mass is 370 g/mol. The Morgan fingerprint density at radius 3 is 2.23 bits per heavy atom. The van der Waals surface area contributed by atoms with E-state index in [0.717, 1.165) is 4.90 Å². The third kappa shape index (κ3) is 2.95. The van der Waals surface area contributed by atoms with Crippen molar-refractivity contribution in [1.29, 1.82) is 0 Å². The summed E-state index contributed by atoms with van der Waals surface area (Å²) in [7, 11) is 0. The highest BCUT2D eigenvalue weighted by atomic mass is 35.5. The minimum absolute atomic E-state index is 0.0638. The highest BCUT2D eigenvalue weighted by molar-refractivity contribution is 6.30. The predicted octanol–water partition coefficient (Wildman–Crippen LogP) is 2.83. The summed E-state index contributed by atoms with van der Waals surface area (Å²) in [5.74, 6) is -2.11. The summed E-state index contributed by atoms with van der Waals surface area (Å²) in [5.41, 5.74) is 6.58. The first-order valence-corrected chi connectivity index (χ1v) is 8.24. The molecule has 0 aliphatic carbocycles. The smallest absolute Gasteiger partial charge is 0.357 e. The summed E-state index contributed by atoms with van der Waals surface area (Å²) >= 11 is 5.98. The fraction of sp³-hybridized carbons (Fsp3) is 0.105. The van der Waals surface area contributed by atoms with Gasteiger partial charge in [0.2, 0.25) is 0 Å². The number of esters is 1. The molecule has 0 aromatic heterocycles. The van der Waals surface area contributed by atoms with Gasteiger partial charge in [-0.05, 0) is 31.2 Å². The van der Waals surface area contributed by atoms with Crippen molar-refractivity contribution in [3.05, 3.63) is 75.9 Å². The lowest BCUT2D eigenvalue weighted by Crippen LogP contribution is -2.35. The minimum atomic E-state index is -0.862. The second-order valence-corrected chi connectivity index (χ2v) is 5.92. The quantitative estimate of drug-likeness (QED) is 0.507. The lowest BCUT2D eigenvalue weighted by atomic mass is 10.1. The summed E-state index contributed by atoms with van der Waals surface area (Å²) in [6, 6.07) is 12.8. The van der Waals surface area contributed by atoms with Crippen molar-refractivity contribution in [3.63, 3.8) is 0 Å². The van der Waals surface area contributed by atoms with Gasteiger partial charge in [-0.25, -0.2) is 9.69 Å². The SMILES string of the molecule is CCOC(=O)/C(=C(\N)c1cccc(Cl)c1)N1C(=O)c2ccccc2C1=O. The van der Waals surface area contributed by atoms with Crippen molar-refractivity contribution in [2.75, 3.05) is 6.61 Å². The molecular weight excluding hydrogens is 356 g/mol. The molecule has 26 heavy (non-hydrogen) atoms. The number of ether oxygens (including phenoxy) is 1. The van der Waals surface area contributed by atoms with Crippen LogP contribution in [0.15, 0.2) is 54.2 Å². The third-order valence-electron chi connectivity index (χ3n) is 3.88. The van der Waals surface area contributed by atoms with E-state index in [1.165, 1.54) is 18.2 Å². The first-order valence-electron chi connectivity index (χ1n) is 7.86. The molecule has 3 rings (SSSR count). The number of hydrogen-bond donors (Lipinski definition) is 1. The lowest BCUT2D eigenvalue weighted by molar-refractivity contribution is -0.139. The molecule has 1 aliphatic heterocycles. The van der Waals surface area contributed by atoms with Crippen LogP contribution in [0.2, 0.25) is 5.02 Å². The molecule has 2 aromatic carbocycles. The molecule has 1 aliphatic rings. The van der Waals surface area contributed by atoms with Gasteiger partial charge in [-0.2, -0.15) is 0 Å². The predicted molar refractivity (Wildman–Crippen MR) is 96.1 cm³/mol. The maximum absolute atomic E-state index is 12.7. The average Bonchev–Trinajstić information content (AvgIpc) is 2.88. The van der Waals surface area contributed by atoms with E-state index >= 15 is 0 Å². The number of nitrogens with two attached hydrogens (primary N) is 1. The molecule has 0 spiro atoms. The molecule has 7 heteroatoms. The van der Waals surface area contributed by atoms with Crippen LogP contribution in [-0.2, 0) is 9.53 Å². The van der Waals surface area contributed by atoms with Crippen LogP contribution in [0.1, 0.15) is 33.2 Å². The van der Waals surface area contributed by atoms with Gasteiger partial charge < -0.3 is 10.5 Å². The molecule has 132 valence electrons. The van der Waals surface area contributed by atoms with E-state index in [1.54, 1.807) is 37.3 Å². The van der Waals surface area contributed by atoms with E-state index in [-0.39, 0.29) is 29.1 Å². The zero-order valence-electron chi connectivity index (χ0n) is 13.9. The molecule has 0 radical (unpaired) electrons. The van der Waals surface area contributed by atoms with E-state index in [4.69, 9.17) is 22.1 Å². The Morgan fingerprint density at radius 1 is 1.08 bits per heavy atom. The molecule has 0 saturated carbocycles. The fourth-order valence-electron chi connectivity index (χ4n) is 2.71. The van der Waals surface area contributed by atoms with E-state index in [9.17, 15) is 14.4 Å². The number of benzene rings is 2. The largest absolute Gasteiger partial charge is 0.461 e. The fourth-order valence-corrected chi connectivity index (χ4v) is 2.90. The van der Waals surface area contributed by atoms with Crippen LogP contribution < -0.4 is 5.73 Å². The van der Waals surface area contributed by atoms with Gasteiger partial charge >= 0.3 is 5.97 Å². The van der Waals surface area contributed by atoms with Gasteiger partial charge in [-0.15, -0.1) is 0 Å². The number of carbonyl (C=O) groups excluding carboxylic acids is 3. The molecule has 0 bridgehead atoms. The number of imide groups is 1. The summed E-state index contributed by atoms with van der Waals surface area (Å²) in [4.78, 5) is 38.8. The Bertz CT molecular complexity index is 917. The first kappa shape index (κ1) is 17.7. The Kier molecular flexibility index (Phi) is 4.77. The molecular formula is C19H15ClN2O4. The minimum Gasteiger partial charge on any atom is -0.461 e. The number of hydrogen-bond acceptors (Lipinski definition) is 5. The van der Waals surface area contributed by atoms with Crippen LogP contribution in [-0.4, -0.2) is 29.3 Å². The van der Waals surface area contributed by atoms with Crippen molar-refractivity contribution in [2.45, 2.75) is 6.92 Å². The zero-order valence-corrected chi connectivity index (χ0v) is 14.6. The van der Waals surface area contributed by atoms with E-state index in [2.05, 4.69) is 0 Å². The van der Waals surface area contributed by atoms with Crippen molar-refractivity contribution in [2.24, 2.45) is 5.73 Å². The third-order valence-corrected chi connectivity index (χ3v) is 4.11. The van der Waals surface area contributed by atoms with Crippen LogP contribution >= 0.6 is 11.6 Å². The molecule has 2 N–H and O–H groups in total. The van der Waals surface area contributed by atoms with Crippen molar-refractivity contribution < 1.29 is 19.1 Å². The van der Waals surface area contributed by atoms with E-state index in [0.29, 0.717) is 10.6 Å². The molecule has 0 fully saturated rings. The molecule has 0 saturated heterocycles. The van der Waals surface area contributed by atoms with E-state index < -0.39 is 17.8 Å². The molecule has 2 amide bonds. The van der Waals surface area contributed by atoms with Gasteiger partial charge in [0.1, 0.15) is 0 Å². The Labute approximate surface area is 154 Å². The van der Waals surface area contributed by atoms with Gasteiger partial charge in [0.15, 0.2) is 5.70 Å². The number of halogens is 1. The van der Waals surface area contributed by atoms with Crippen LogP contribution in [0.4, 0.5) is 0 Å². The topological polar surface area (TPSA) is 89.7 Å². The van der Waals surface area contributed by atoms with Gasteiger partial charge in [0, 0.05) is 10.6 Å². The maximum atomic E-state index is 12.7. The Hall–Kier alpha value is -3.12. The average molecular weight is 371 g/mol. The molecule has 0 atom stereocenters. The van der Waals surface area contributed by atoms with Gasteiger partial charge in [0.25, 0.3) is 11.8 Å². The molecule has 0 unspecified atom stereocenters. The second-order valence-electron chi connectivity index (χ2n) is 5.48. The van der Waals surface area contributed by atoms with Crippen molar-refractivity contribution >= 4 is 35.1 Å². The van der Waals surface area contributed by atoms with Gasteiger partial charge in [-0.3, -0.25) is 9.59 Å². The van der Waals surface area contributed by atoms with Crippen LogP contribution in [0, 0.1) is 0 Å². The highest BCUT2D eigenvalue weighted by Crippen LogP contribution is 2.30. The van der Waals surface area contributed by atoms with Crippen molar-refractivity contribution in [1.82, 2.24) is 4.90 Å². The number of amides is 2. The Morgan fingerprint density at radius 2 is 1.69 bits per heavy atom. The highest BCUT2D eigenvalue weighted by Gasteiger charge is 2.41. The number of fused-ring (bicyclic) bond motifs is 1. The summed E-state index contributed by atoms with van der Waals surface area (Å²) < 4.78 is 5.03. The van der Waals surface area contributed by atoms with Crippen molar-refractivity contribution in [3.8, 4) is 0 Å². The molecule has 1 heterocycles. The normalized spacial score (nSPS) is 14.2. The summed E-state index contributed by atoms with van der Waals surface area (Å²) in [6.07, 6.45) is 0.